The summed E-state index contributed by atoms with van der Waals surface area (Å²) in [6.07, 6.45) is 2.13. The second kappa shape index (κ2) is 7.75. The van der Waals surface area contributed by atoms with Gasteiger partial charge in [0.25, 0.3) is 0 Å². The maximum Gasteiger partial charge on any atom is 0.122 e. The Morgan fingerprint density at radius 1 is 0.630 bits per heavy atom. The molecule has 3 rings (SSSR count). The Morgan fingerprint density at radius 2 is 1.15 bits per heavy atom. The summed E-state index contributed by atoms with van der Waals surface area (Å²) in [6.45, 7) is 6.01. The van der Waals surface area contributed by atoms with Gasteiger partial charge in [-0.2, -0.15) is 0 Å². The average molecular weight is 362 g/mol. The number of phenolic OH excluding ortho intramolecular Hbond substituents is 3. The number of aryl methyl sites for hydroxylation is 3. The van der Waals surface area contributed by atoms with Crippen molar-refractivity contribution in [3.8, 4) is 17.2 Å². The fraction of sp³-hybridized carbons (Fsp3) is 0.250. The van der Waals surface area contributed by atoms with Crippen LogP contribution < -0.4 is 0 Å². The Hall–Kier alpha value is -2.94. The molecule has 0 spiro atoms. The fourth-order valence-electron chi connectivity index (χ4n) is 3.52. The predicted octanol–water partition coefficient (Wildman–Crippen LogP) is 5.16. The smallest absolute Gasteiger partial charge is 0.122 e. The maximum atomic E-state index is 10.7. The largest absolute Gasteiger partial charge is 0.508 e. The van der Waals surface area contributed by atoms with E-state index < -0.39 is 0 Å². The third-order valence-electron chi connectivity index (χ3n) is 5.14. The molecule has 0 unspecified atom stereocenters. The second-order valence-electron chi connectivity index (χ2n) is 7.19. The van der Waals surface area contributed by atoms with Gasteiger partial charge >= 0.3 is 0 Å². The van der Waals surface area contributed by atoms with Gasteiger partial charge in [-0.3, -0.25) is 0 Å². The maximum absolute atomic E-state index is 10.7. The number of hydrogen-bond donors (Lipinski definition) is 3. The molecule has 0 radical (unpaired) electrons. The van der Waals surface area contributed by atoms with Crippen LogP contribution in [0.5, 0.6) is 17.2 Å². The van der Waals surface area contributed by atoms with Gasteiger partial charge in [-0.05, 0) is 89.9 Å². The standard InChI is InChI=1S/C24H26O3/c1-4-18-11-17(12-19-5-7-22(25)9-15(19)2)13-21(24(18)27)14-20-6-8-23(26)10-16(20)3/h5-11,13,25-27H,4,12,14H2,1-3H3. The zero-order valence-electron chi connectivity index (χ0n) is 16.1. The number of phenols is 3. The van der Waals surface area contributed by atoms with Crippen molar-refractivity contribution in [2.24, 2.45) is 0 Å². The van der Waals surface area contributed by atoms with Crippen LogP contribution in [0.1, 0.15) is 45.9 Å². The molecule has 0 amide bonds. The first-order valence-corrected chi connectivity index (χ1v) is 9.28. The van der Waals surface area contributed by atoms with Crippen molar-refractivity contribution in [2.75, 3.05) is 0 Å². The molecule has 0 aliphatic rings. The molecule has 0 aliphatic carbocycles. The molecule has 0 atom stereocenters. The van der Waals surface area contributed by atoms with Gasteiger partial charge in [0.05, 0.1) is 0 Å². The van der Waals surface area contributed by atoms with Crippen molar-refractivity contribution in [1.29, 1.82) is 0 Å². The van der Waals surface area contributed by atoms with Gasteiger partial charge in [0.2, 0.25) is 0 Å². The average Bonchev–Trinajstić information content (AvgIpc) is 2.62. The highest BCUT2D eigenvalue weighted by atomic mass is 16.3. The van der Waals surface area contributed by atoms with Crippen LogP contribution in [0.2, 0.25) is 0 Å². The van der Waals surface area contributed by atoms with Gasteiger partial charge in [0.1, 0.15) is 17.2 Å². The lowest BCUT2D eigenvalue weighted by molar-refractivity contribution is 0.462. The highest BCUT2D eigenvalue weighted by Crippen LogP contribution is 2.30. The minimum Gasteiger partial charge on any atom is -0.508 e. The summed E-state index contributed by atoms with van der Waals surface area (Å²) in [7, 11) is 0. The van der Waals surface area contributed by atoms with Gasteiger partial charge < -0.3 is 15.3 Å². The molecule has 0 heterocycles. The Labute approximate surface area is 160 Å². The molecule has 0 saturated carbocycles. The molecule has 0 aliphatic heterocycles. The van der Waals surface area contributed by atoms with Gasteiger partial charge in [-0.25, -0.2) is 0 Å². The quantitative estimate of drug-likeness (QED) is 0.587. The van der Waals surface area contributed by atoms with Crippen LogP contribution in [0.3, 0.4) is 0 Å². The molecule has 3 aromatic rings. The van der Waals surface area contributed by atoms with Gasteiger partial charge in [-0.15, -0.1) is 0 Å². The van der Waals surface area contributed by atoms with Crippen LogP contribution in [0.4, 0.5) is 0 Å². The van der Waals surface area contributed by atoms with E-state index in [2.05, 4.69) is 12.1 Å². The monoisotopic (exact) mass is 362 g/mol. The summed E-state index contributed by atoms with van der Waals surface area (Å²) in [5.41, 5.74) is 7.29. The predicted molar refractivity (Wildman–Crippen MR) is 109 cm³/mol. The van der Waals surface area contributed by atoms with Crippen molar-refractivity contribution in [3.63, 3.8) is 0 Å². The molecule has 0 fully saturated rings. The Bertz CT molecular complexity index is 974. The van der Waals surface area contributed by atoms with E-state index in [-0.39, 0.29) is 11.5 Å². The topological polar surface area (TPSA) is 60.7 Å². The van der Waals surface area contributed by atoms with Crippen molar-refractivity contribution in [2.45, 2.75) is 40.0 Å². The number of benzene rings is 3. The molecule has 140 valence electrons. The molecule has 3 heteroatoms. The van der Waals surface area contributed by atoms with Gasteiger partial charge in [0.15, 0.2) is 0 Å². The van der Waals surface area contributed by atoms with E-state index in [1.54, 1.807) is 24.3 Å². The summed E-state index contributed by atoms with van der Waals surface area (Å²) in [6, 6.07) is 14.9. The van der Waals surface area contributed by atoms with Gasteiger partial charge in [-0.1, -0.05) is 31.2 Å². The molecule has 3 aromatic carbocycles. The molecule has 0 saturated heterocycles. The van der Waals surface area contributed by atoms with Crippen molar-refractivity contribution >= 4 is 0 Å². The normalized spacial score (nSPS) is 10.9. The van der Waals surface area contributed by atoms with E-state index in [9.17, 15) is 15.3 Å². The van der Waals surface area contributed by atoms with Crippen LogP contribution in [-0.4, -0.2) is 15.3 Å². The van der Waals surface area contributed by atoms with Crippen LogP contribution in [0, 0.1) is 13.8 Å². The SMILES string of the molecule is CCc1cc(Cc2ccc(O)cc2C)cc(Cc2ccc(O)cc2C)c1O. The first-order chi connectivity index (χ1) is 12.9. The molecule has 27 heavy (non-hydrogen) atoms. The van der Waals surface area contributed by atoms with Gasteiger partial charge in [0, 0.05) is 6.42 Å². The van der Waals surface area contributed by atoms with E-state index in [0.29, 0.717) is 12.2 Å². The second-order valence-corrected chi connectivity index (χ2v) is 7.19. The Morgan fingerprint density at radius 3 is 1.67 bits per heavy atom. The molecule has 0 bridgehead atoms. The number of aromatic hydroxyl groups is 3. The summed E-state index contributed by atoms with van der Waals surface area (Å²) in [5.74, 6) is 0.891. The number of hydrogen-bond acceptors (Lipinski definition) is 3. The molecule has 3 N–H and O–H groups in total. The first kappa shape index (κ1) is 18.8. The first-order valence-electron chi connectivity index (χ1n) is 9.28. The summed E-state index contributed by atoms with van der Waals surface area (Å²) < 4.78 is 0. The van der Waals surface area contributed by atoms with Crippen molar-refractivity contribution in [1.82, 2.24) is 0 Å². The lowest BCUT2D eigenvalue weighted by atomic mass is 9.92. The summed E-state index contributed by atoms with van der Waals surface area (Å²) in [4.78, 5) is 0. The lowest BCUT2D eigenvalue weighted by Gasteiger charge is -2.15. The minimum absolute atomic E-state index is 0.256. The fourth-order valence-corrected chi connectivity index (χ4v) is 3.52. The van der Waals surface area contributed by atoms with Crippen LogP contribution in [-0.2, 0) is 19.3 Å². The zero-order chi connectivity index (χ0) is 19.6. The lowest BCUT2D eigenvalue weighted by Crippen LogP contribution is -1.99. The molecule has 3 nitrogen and oxygen atoms in total. The van der Waals surface area contributed by atoms with E-state index in [0.717, 1.165) is 51.8 Å². The molecular formula is C24H26O3. The number of rotatable bonds is 5. The van der Waals surface area contributed by atoms with E-state index in [4.69, 9.17) is 0 Å². The molecule has 0 aromatic heterocycles. The highest BCUT2D eigenvalue weighted by molar-refractivity contribution is 5.49. The minimum atomic E-state index is 0.256. The summed E-state index contributed by atoms with van der Waals surface area (Å²) >= 11 is 0. The Kier molecular flexibility index (Phi) is 5.41. The van der Waals surface area contributed by atoms with Crippen LogP contribution in [0.25, 0.3) is 0 Å². The molecular weight excluding hydrogens is 336 g/mol. The van der Waals surface area contributed by atoms with Crippen molar-refractivity contribution < 1.29 is 15.3 Å². The van der Waals surface area contributed by atoms with E-state index >= 15 is 0 Å². The third-order valence-corrected chi connectivity index (χ3v) is 5.14. The van der Waals surface area contributed by atoms with E-state index in [1.165, 1.54) is 0 Å². The summed E-state index contributed by atoms with van der Waals surface area (Å²) in [5, 5.41) is 29.9. The third kappa shape index (κ3) is 4.25. The highest BCUT2D eigenvalue weighted by Gasteiger charge is 2.12. The zero-order valence-corrected chi connectivity index (χ0v) is 16.1. The Balaban J connectivity index is 1.97. The van der Waals surface area contributed by atoms with Crippen molar-refractivity contribution in [3.05, 3.63) is 87.5 Å². The van der Waals surface area contributed by atoms with Crippen LogP contribution in [0.15, 0.2) is 48.5 Å². The van der Waals surface area contributed by atoms with Crippen LogP contribution >= 0.6 is 0 Å². The van der Waals surface area contributed by atoms with E-state index in [1.807, 2.05) is 32.9 Å².